The minimum absolute atomic E-state index is 0.0864. The fourth-order valence-electron chi connectivity index (χ4n) is 3.26. The number of nitrogens with zero attached hydrogens (tertiary/aromatic N) is 2. The average Bonchev–Trinajstić information content (AvgIpc) is 3.28. The smallest absolute Gasteiger partial charge is 0.231 e. The van der Waals surface area contributed by atoms with Gasteiger partial charge in [-0.2, -0.15) is 5.10 Å². The van der Waals surface area contributed by atoms with Crippen LogP contribution in [0, 0.1) is 5.92 Å². The van der Waals surface area contributed by atoms with E-state index in [4.69, 9.17) is 9.47 Å². The molecule has 0 radical (unpaired) electrons. The molecule has 27 heavy (non-hydrogen) atoms. The summed E-state index contributed by atoms with van der Waals surface area (Å²) in [6.45, 7) is 5.41. The highest BCUT2D eigenvalue weighted by Gasteiger charge is 2.36. The molecule has 0 spiro atoms. The van der Waals surface area contributed by atoms with E-state index in [1.165, 1.54) is 0 Å². The highest BCUT2D eigenvalue weighted by molar-refractivity contribution is 6.03. The van der Waals surface area contributed by atoms with Gasteiger partial charge in [0.05, 0.1) is 5.92 Å². The van der Waals surface area contributed by atoms with Crippen molar-refractivity contribution in [2.24, 2.45) is 5.92 Å². The quantitative estimate of drug-likeness (QED) is 0.861. The lowest BCUT2D eigenvalue weighted by Gasteiger charge is -2.22. The predicted molar refractivity (Wildman–Crippen MR) is 99.2 cm³/mol. The number of rotatable bonds is 4. The Morgan fingerprint density at radius 1 is 1.26 bits per heavy atom. The molecule has 2 aliphatic rings. The number of carbonyl (C=O) groups excluding carboxylic acids is 2. The van der Waals surface area contributed by atoms with Gasteiger partial charge in [0, 0.05) is 36.5 Å². The number of amides is 2. The third-order valence-corrected chi connectivity index (χ3v) is 4.80. The van der Waals surface area contributed by atoms with Crippen LogP contribution in [-0.2, 0) is 9.59 Å². The molecule has 142 valence electrons. The number of hydrogen-bond donors (Lipinski definition) is 2. The summed E-state index contributed by atoms with van der Waals surface area (Å²) in [5.74, 6) is 1.35. The van der Waals surface area contributed by atoms with Crippen LogP contribution in [0.25, 0.3) is 0 Å². The van der Waals surface area contributed by atoms with E-state index in [1.807, 2.05) is 26.0 Å². The summed E-state index contributed by atoms with van der Waals surface area (Å²) >= 11 is 0. The second-order valence-electron chi connectivity index (χ2n) is 7.09. The first-order chi connectivity index (χ1) is 13.0. The summed E-state index contributed by atoms with van der Waals surface area (Å²) in [4.78, 5) is 26.6. The number of ether oxygens (including phenoxy) is 2. The van der Waals surface area contributed by atoms with Crippen molar-refractivity contribution in [1.82, 2.24) is 10.2 Å². The number of benzene rings is 1. The van der Waals surface area contributed by atoms with Gasteiger partial charge in [-0.3, -0.25) is 14.7 Å². The Labute approximate surface area is 156 Å². The van der Waals surface area contributed by atoms with Gasteiger partial charge in [0.2, 0.25) is 11.8 Å². The normalized spacial score (nSPS) is 18.9. The highest BCUT2D eigenvalue weighted by atomic mass is 16.6. The van der Waals surface area contributed by atoms with Gasteiger partial charge in [0.15, 0.2) is 17.3 Å². The highest BCUT2D eigenvalue weighted by Crippen LogP contribution is 2.36. The molecule has 8 nitrogen and oxygen atoms in total. The van der Waals surface area contributed by atoms with Crippen LogP contribution in [0.15, 0.2) is 24.3 Å². The number of fused-ring (bicyclic) bond motifs is 1. The SMILES string of the molecule is CC(C)c1cc(NC(=O)C2CC(=O)N(c3ccc4c(c3)OCCO4)C2)n[nH]1. The third kappa shape index (κ3) is 3.47. The van der Waals surface area contributed by atoms with E-state index in [2.05, 4.69) is 15.5 Å². The lowest BCUT2D eigenvalue weighted by molar-refractivity contribution is -0.122. The molecule has 4 rings (SSSR count). The Morgan fingerprint density at radius 3 is 2.78 bits per heavy atom. The van der Waals surface area contributed by atoms with Gasteiger partial charge < -0.3 is 19.7 Å². The van der Waals surface area contributed by atoms with E-state index in [1.54, 1.807) is 17.0 Å². The van der Waals surface area contributed by atoms with Crippen molar-refractivity contribution in [1.29, 1.82) is 0 Å². The van der Waals surface area contributed by atoms with Crippen molar-refractivity contribution in [2.75, 3.05) is 30.0 Å². The Morgan fingerprint density at radius 2 is 2.04 bits per heavy atom. The molecule has 1 atom stereocenters. The van der Waals surface area contributed by atoms with Gasteiger partial charge in [-0.25, -0.2) is 0 Å². The molecular weight excluding hydrogens is 348 g/mol. The molecule has 1 aromatic carbocycles. The van der Waals surface area contributed by atoms with E-state index in [0.29, 0.717) is 48.7 Å². The number of carbonyl (C=O) groups is 2. The van der Waals surface area contributed by atoms with Gasteiger partial charge in [-0.1, -0.05) is 13.8 Å². The fourth-order valence-corrected chi connectivity index (χ4v) is 3.26. The minimum atomic E-state index is -0.426. The van der Waals surface area contributed by atoms with Crippen molar-refractivity contribution in [3.8, 4) is 11.5 Å². The summed E-state index contributed by atoms with van der Waals surface area (Å²) < 4.78 is 11.1. The summed E-state index contributed by atoms with van der Waals surface area (Å²) in [5, 5.41) is 9.81. The zero-order valence-corrected chi connectivity index (χ0v) is 15.3. The topological polar surface area (TPSA) is 96.6 Å². The van der Waals surface area contributed by atoms with E-state index in [9.17, 15) is 9.59 Å². The van der Waals surface area contributed by atoms with Crippen LogP contribution in [0.2, 0.25) is 0 Å². The molecule has 3 heterocycles. The molecule has 0 saturated carbocycles. The number of H-pyrrole nitrogens is 1. The maximum Gasteiger partial charge on any atom is 0.231 e. The van der Waals surface area contributed by atoms with Crippen molar-refractivity contribution >= 4 is 23.3 Å². The summed E-state index contributed by atoms with van der Waals surface area (Å²) in [5.41, 5.74) is 1.66. The second kappa shape index (κ2) is 6.94. The Balaban J connectivity index is 1.44. The number of nitrogens with one attached hydrogen (secondary N) is 2. The largest absolute Gasteiger partial charge is 0.486 e. The van der Waals surface area contributed by atoms with Crippen molar-refractivity contribution in [2.45, 2.75) is 26.2 Å². The van der Waals surface area contributed by atoms with Crippen LogP contribution in [0.5, 0.6) is 11.5 Å². The number of aromatic nitrogens is 2. The second-order valence-corrected chi connectivity index (χ2v) is 7.09. The van der Waals surface area contributed by atoms with Gasteiger partial charge in [-0.05, 0) is 18.1 Å². The number of hydrogen-bond acceptors (Lipinski definition) is 5. The van der Waals surface area contributed by atoms with E-state index >= 15 is 0 Å². The van der Waals surface area contributed by atoms with Gasteiger partial charge in [0.25, 0.3) is 0 Å². The first kappa shape index (κ1) is 17.4. The molecule has 1 saturated heterocycles. The molecular formula is C19H22N4O4. The van der Waals surface area contributed by atoms with Crippen LogP contribution in [0.4, 0.5) is 11.5 Å². The maximum absolute atomic E-state index is 12.6. The van der Waals surface area contributed by atoms with Gasteiger partial charge >= 0.3 is 0 Å². The molecule has 1 fully saturated rings. The minimum Gasteiger partial charge on any atom is -0.486 e. The number of anilines is 2. The third-order valence-electron chi connectivity index (χ3n) is 4.80. The Hall–Kier alpha value is -3.03. The first-order valence-electron chi connectivity index (χ1n) is 9.07. The predicted octanol–water partition coefficient (Wildman–Crippen LogP) is 2.30. The summed E-state index contributed by atoms with van der Waals surface area (Å²) in [6.07, 6.45) is 0.168. The van der Waals surface area contributed by atoms with Crippen molar-refractivity contribution in [3.63, 3.8) is 0 Å². The fraction of sp³-hybridized carbons (Fsp3) is 0.421. The summed E-state index contributed by atoms with van der Waals surface area (Å²) in [6, 6.07) is 7.21. The molecule has 2 amide bonds. The van der Waals surface area contributed by atoms with E-state index < -0.39 is 5.92 Å². The van der Waals surface area contributed by atoms with Crippen LogP contribution < -0.4 is 19.7 Å². The maximum atomic E-state index is 12.6. The van der Waals surface area contributed by atoms with E-state index in [-0.39, 0.29) is 18.2 Å². The monoisotopic (exact) mass is 370 g/mol. The standard InChI is InChI=1S/C19H22N4O4/c1-11(2)14-9-17(22-21-14)20-19(25)12-7-18(24)23(10-12)13-3-4-15-16(8-13)27-6-5-26-15/h3-4,8-9,11-12H,5-7,10H2,1-2H3,(H2,20,21,22,25). The average molecular weight is 370 g/mol. The Kier molecular flexibility index (Phi) is 4.47. The first-order valence-corrected chi connectivity index (χ1v) is 9.07. The molecule has 1 aromatic heterocycles. The lowest BCUT2D eigenvalue weighted by atomic mass is 10.1. The molecule has 1 unspecified atom stereocenters. The number of aromatic amines is 1. The Bertz CT molecular complexity index is 876. The molecule has 2 aliphatic heterocycles. The van der Waals surface area contributed by atoms with Gasteiger partial charge in [-0.15, -0.1) is 0 Å². The molecule has 2 aromatic rings. The van der Waals surface area contributed by atoms with Gasteiger partial charge in [0.1, 0.15) is 13.2 Å². The van der Waals surface area contributed by atoms with Crippen LogP contribution in [-0.4, -0.2) is 41.8 Å². The summed E-state index contributed by atoms with van der Waals surface area (Å²) in [7, 11) is 0. The zero-order valence-electron chi connectivity index (χ0n) is 15.3. The molecule has 8 heteroatoms. The molecule has 0 aliphatic carbocycles. The molecule has 0 bridgehead atoms. The van der Waals surface area contributed by atoms with Crippen molar-refractivity contribution in [3.05, 3.63) is 30.0 Å². The lowest BCUT2D eigenvalue weighted by Crippen LogP contribution is -2.28. The van der Waals surface area contributed by atoms with Crippen LogP contribution >= 0.6 is 0 Å². The van der Waals surface area contributed by atoms with Crippen LogP contribution in [0.3, 0.4) is 0 Å². The van der Waals surface area contributed by atoms with Crippen LogP contribution in [0.1, 0.15) is 31.9 Å². The zero-order chi connectivity index (χ0) is 19.0. The van der Waals surface area contributed by atoms with E-state index in [0.717, 1.165) is 5.69 Å². The van der Waals surface area contributed by atoms with Crippen molar-refractivity contribution < 1.29 is 19.1 Å². The molecule has 2 N–H and O–H groups in total.